The number of rotatable bonds is 5. The molecule has 0 rings (SSSR count). The molecule has 0 aliphatic rings. The van der Waals surface area contributed by atoms with Gasteiger partial charge in [-0.2, -0.15) is 0 Å². The zero-order valence-electron chi connectivity index (χ0n) is 8.33. The molecule has 13 heavy (non-hydrogen) atoms. The van der Waals surface area contributed by atoms with E-state index in [1.807, 2.05) is 13.8 Å². The average molecular weight is 207 g/mol. The fourth-order valence-corrected chi connectivity index (χ4v) is 1.24. The molecule has 0 heterocycles. The first-order valence-electron chi connectivity index (χ1n) is 4.25. The lowest BCUT2D eigenvalue weighted by molar-refractivity contribution is -0.120. The van der Waals surface area contributed by atoms with Gasteiger partial charge in [-0.3, -0.25) is 4.79 Å². The molecule has 0 fully saturated rings. The molecule has 0 saturated carbocycles. The van der Waals surface area contributed by atoms with Crippen molar-refractivity contribution in [3.05, 3.63) is 0 Å². The van der Waals surface area contributed by atoms with Crippen molar-refractivity contribution in [1.29, 1.82) is 0 Å². The summed E-state index contributed by atoms with van der Waals surface area (Å²) in [6.45, 7) is 4.57. The second kappa shape index (κ2) is 5.21. The van der Waals surface area contributed by atoms with E-state index in [4.69, 9.17) is 0 Å². The van der Waals surface area contributed by atoms with Crippen LogP contribution in [-0.2, 0) is 14.6 Å². The molecule has 0 aliphatic heterocycles. The Kier molecular flexibility index (Phi) is 4.98. The quantitative estimate of drug-likeness (QED) is 0.700. The highest BCUT2D eigenvalue weighted by Crippen LogP contribution is 1.91. The summed E-state index contributed by atoms with van der Waals surface area (Å²) < 4.78 is 21.4. The highest BCUT2D eigenvalue weighted by molar-refractivity contribution is 7.90. The summed E-state index contributed by atoms with van der Waals surface area (Å²) in [6, 6.07) is 0. The number of hydrogen-bond acceptors (Lipinski definition) is 3. The van der Waals surface area contributed by atoms with Gasteiger partial charge in [0.2, 0.25) is 5.91 Å². The van der Waals surface area contributed by atoms with Gasteiger partial charge in [0.05, 0.1) is 5.75 Å². The van der Waals surface area contributed by atoms with Crippen molar-refractivity contribution in [3.8, 4) is 0 Å². The van der Waals surface area contributed by atoms with Crippen LogP contribution >= 0.6 is 0 Å². The number of carbonyl (C=O) groups is 1. The first-order valence-corrected chi connectivity index (χ1v) is 6.31. The van der Waals surface area contributed by atoms with Gasteiger partial charge in [-0.25, -0.2) is 8.42 Å². The molecule has 4 nitrogen and oxygen atoms in total. The van der Waals surface area contributed by atoms with Gasteiger partial charge >= 0.3 is 0 Å². The number of amides is 1. The van der Waals surface area contributed by atoms with Crippen molar-refractivity contribution in [2.45, 2.75) is 20.3 Å². The lowest BCUT2D eigenvalue weighted by atomic mass is 10.2. The molecule has 0 atom stereocenters. The third-order valence-electron chi connectivity index (χ3n) is 1.41. The molecule has 1 N–H and O–H groups in total. The summed E-state index contributed by atoms with van der Waals surface area (Å²) in [5.41, 5.74) is 0. The lowest BCUT2D eigenvalue weighted by Gasteiger charge is -2.06. The lowest BCUT2D eigenvalue weighted by Crippen LogP contribution is -2.28. The highest BCUT2D eigenvalue weighted by Gasteiger charge is 2.07. The maximum absolute atomic E-state index is 11.0. The highest BCUT2D eigenvalue weighted by atomic mass is 32.2. The monoisotopic (exact) mass is 207 g/mol. The van der Waals surface area contributed by atoms with Crippen molar-refractivity contribution in [1.82, 2.24) is 5.32 Å². The van der Waals surface area contributed by atoms with Gasteiger partial charge in [-0.15, -0.1) is 0 Å². The molecule has 78 valence electrons. The summed E-state index contributed by atoms with van der Waals surface area (Å²) in [4.78, 5) is 11.0. The topological polar surface area (TPSA) is 63.2 Å². The zero-order chi connectivity index (χ0) is 10.5. The van der Waals surface area contributed by atoms with Crippen molar-refractivity contribution in [2.24, 2.45) is 5.92 Å². The van der Waals surface area contributed by atoms with Crippen LogP contribution in [0.5, 0.6) is 0 Å². The molecule has 1 amide bonds. The fraction of sp³-hybridized carbons (Fsp3) is 0.875. The maximum Gasteiger partial charge on any atom is 0.221 e. The fourth-order valence-electron chi connectivity index (χ4n) is 0.684. The zero-order valence-corrected chi connectivity index (χ0v) is 9.15. The third-order valence-corrected chi connectivity index (χ3v) is 2.35. The van der Waals surface area contributed by atoms with Crippen LogP contribution in [0, 0.1) is 5.92 Å². The van der Waals surface area contributed by atoms with E-state index in [0.717, 1.165) is 6.26 Å². The second-order valence-electron chi connectivity index (χ2n) is 3.58. The molecule has 0 aromatic carbocycles. The smallest absolute Gasteiger partial charge is 0.221 e. The Labute approximate surface area is 79.6 Å². The maximum atomic E-state index is 11.0. The van der Waals surface area contributed by atoms with Gasteiger partial charge in [0.15, 0.2) is 0 Å². The van der Waals surface area contributed by atoms with E-state index in [9.17, 15) is 13.2 Å². The molecular formula is C8H17NO3S. The Morgan fingerprint density at radius 2 is 1.92 bits per heavy atom. The predicted molar refractivity (Wildman–Crippen MR) is 52.2 cm³/mol. The second-order valence-corrected chi connectivity index (χ2v) is 5.84. The third kappa shape index (κ3) is 9.33. The normalized spacial score (nSPS) is 11.7. The van der Waals surface area contributed by atoms with Gasteiger partial charge < -0.3 is 5.32 Å². The van der Waals surface area contributed by atoms with Crippen LogP contribution in [0.1, 0.15) is 20.3 Å². The van der Waals surface area contributed by atoms with Crippen molar-refractivity contribution < 1.29 is 13.2 Å². The number of sulfone groups is 1. The Hall–Kier alpha value is -0.580. The van der Waals surface area contributed by atoms with Crippen molar-refractivity contribution >= 4 is 15.7 Å². The van der Waals surface area contributed by atoms with Gasteiger partial charge in [0, 0.05) is 19.2 Å². The Balaban J connectivity index is 3.65. The van der Waals surface area contributed by atoms with E-state index in [0.29, 0.717) is 12.5 Å². The van der Waals surface area contributed by atoms with Gasteiger partial charge in [-0.05, 0) is 5.92 Å². The van der Waals surface area contributed by atoms with Crippen molar-refractivity contribution in [3.63, 3.8) is 0 Å². The van der Waals surface area contributed by atoms with E-state index < -0.39 is 9.84 Å². The molecule has 0 aliphatic carbocycles. The van der Waals surface area contributed by atoms with Crippen LogP contribution in [0.2, 0.25) is 0 Å². The molecule has 0 saturated heterocycles. The van der Waals surface area contributed by atoms with Gasteiger partial charge in [0.25, 0.3) is 0 Å². The predicted octanol–water partition coefficient (Wildman–Crippen LogP) is 0.193. The minimum Gasteiger partial charge on any atom is -0.356 e. The van der Waals surface area contributed by atoms with Crippen LogP contribution in [0.15, 0.2) is 0 Å². The van der Waals surface area contributed by atoms with Crippen LogP contribution in [0.3, 0.4) is 0 Å². The van der Waals surface area contributed by atoms with Crippen LogP contribution in [0.4, 0.5) is 0 Å². The minimum atomic E-state index is -3.02. The minimum absolute atomic E-state index is 0.0611. The molecule has 0 aromatic heterocycles. The summed E-state index contributed by atoms with van der Waals surface area (Å²) in [5, 5.41) is 2.65. The molecule has 0 radical (unpaired) electrons. The van der Waals surface area contributed by atoms with Gasteiger partial charge in [0.1, 0.15) is 9.84 Å². The standard InChI is InChI=1S/C8H17NO3S/c1-7(2)6-9-8(10)4-5-13(3,11)12/h7H,4-6H2,1-3H3,(H,9,10). The Morgan fingerprint density at radius 3 is 2.31 bits per heavy atom. The molecule has 5 heteroatoms. The van der Waals surface area contributed by atoms with E-state index in [1.165, 1.54) is 0 Å². The first kappa shape index (κ1) is 12.4. The van der Waals surface area contributed by atoms with Crippen LogP contribution in [-0.4, -0.2) is 32.9 Å². The van der Waals surface area contributed by atoms with Crippen LogP contribution in [0.25, 0.3) is 0 Å². The molecule has 0 unspecified atom stereocenters. The largest absolute Gasteiger partial charge is 0.356 e. The van der Waals surface area contributed by atoms with Crippen molar-refractivity contribution in [2.75, 3.05) is 18.6 Å². The molecule has 0 bridgehead atoms. The summed E-state index contributed by atoms with van der Waals surface area (Å²) in [6.07, 6.45) is 1.19. The van der Waals surface area contributed by atoms with E-state index in [2.05, 4.69) is 5.32 Å². The Morgan fingerprint density at radius 1 is 1.38 bits per heavy atom. The number of nitrogens with one attached hydrogen (secondary N) is 1. The van der Waals surface area contributed by atoms with E-state index in [-0.39, 0.29) is 18.1 Å². The SMILES string of the molecule is CC(C)CNC(=O)CCS(C)(=O)=O. The number of carbonyl (C=O) groups excluding carboxylic acids is 1. The summed E-state index contributed by atoms with van der Waals surface area (Å²) >= 11 is 0. The molecule has 0 spiro atoms. The Bertz CT molecular complexity index is 257. The van der Waals surface area contributed by atoms with Crippen LogP contribution < -0.4 is 5.32 Å². The summed E-state index contributed by atoms with van der Waals surface area (Å²) in [5.74, 6) is 0.123. The van der Waals surface area contributed by atoms with Gasteiger partial charge in [-0.1, -0.05) is 13.8 Å². The molecular weight excluding hydrogens is 190 g/mol. The summed E-state index contributed by atoms with van der Waals surface area (Å²) in [7, 11) is -3.02. The first-order chi connectivity index (χ1) is 5.81. The van der Waals surface area contributed by atoms with E-state index in [1.54, 1.807) is 0 Å². The number of hydrogen-bond donors (Lipinski definition) is 1. The van der Waals surface area contributed by atoms with E-state index >= 15 is 0 Å². The average Bonchev–Trinajstić information content (AvgIpc) is 1.95. The molecule has 0 aromatic rings.